The third-order valence-corrected chi connectivity index (χ3v) is 2.53. The Morgan fingerprint density at radius 2 is 2.21 bits per heavy atom. The van der Waals surface area contributed by atoms with E-state index >= 15 is 0 Å². The van der Waals surface area contributed by atoms with Crippen LogP contribution in [-0.4, -0.2) is 27.1 Å². The van der Waals surface area contributed by atoms with Gasteiger partial charge in [-0.25, -0.2) is 9.37 Å². The Morgan fingerprint density at radius 3 is 2.79 bits per heavy atom. The fraction of sp³-hybridized carbons (Fsp3) is 0.375. The molecule has 2 unspecified atom stereocenters. The highest BCUT2D eigenvalue weighted by molar-refractivity contribution is 9.10. The molecule has 14 heavy (non-hydrogen) atoms. The Kier molecular flexibility index (Phi) is 4.31. The normalized spacial score (nSPS) is 15.2. The molecule has 0 fully saturated rings. The highest BCUT2D eigenvalue weighted by Gasteiger charge is 2.20. The third-order valence-electron chi connectivity index (χ3n) is 1.72. The molecule has 2 atom stereocenters. The van der Waals surface area contributed by atoms with Crippen molar-refractivity contribution in [3.63, 3.8) is 0 Å². The van der Waals surface area contributed by atoms with Gasteiger partial charge in [0.15, 0.2) is 0 Å². The highest BCUT2D eigenvalue weighted by Crippen LogP contribution is 2.22. The molecule has 1 aromatic rings. The molecule has 6 heteroatoms. The monoisotopic (exact) mass is 281 g/mol. The van der Waals surface area contributed by atoms with Gasteiger partial charge in [0.1, 0.15) is 16.5 Å². The predicted octanol–water partition coefficient (Wildman–Crippen LogP) is 1.31. The van der Waals surface area contributed by atoms with Gasteiger partial charge in [-0.1, -0.05) is 0 Å². The van der Waals surface area contributed by atoms with Crippen molar-refractivity contribution in [2.45, 2.75) is 12.2 Å². The zero-order valence-electron chi connectivity index (χ0n) is 7.06. The number of halogens is 2. The second-order valence-corrected chi connectivity index (χ2v) is 3.90. The maximum atomic E-state index is 13.1. The van der Waals surface area contributed by atoms with Crippen molar-refractivity contribution in [1.29, 1.82) is 0 Å². The van der Waals surface area contributed by atoms with Crippen molar-refractivity contribution in [3.8, 4) is 0 Å². The van der Waals surface area contributed by atoms with Crippen LogP contribution in [0, 0.1) is 5.82 Å². The van der Waals surface area contributed by atoms with E-state index in [1.165, 1.54) is 6.07 Å². The largest absolute Gasteiger partial charge is 0.389 e. The number of thiol groups is 1. The summed E-state index contributed by atoms with van der Waals surface area (Å²) in [6.45, 7) is 0. The standard InChI is InChI=1S/C8H9BrFNO2S/c9-7-1-4(5(10)2-11-7)8(13)6(12)3-14/h1-2,6,8,12-14H,3H2. The fourth-order valence-corrected chi connectivity index (χ4v) is 1.51. The van der Waals surface area contributed by atoms with Crippen LogP contribution in [0.25, 0.3) is 0 Å². The zero-order chi connectivity index (χ0) is 10.7. The molecule has 0 amide bonds. The summed E-state index contributed by atoms with van der Waals surface area (Å²) in [5, 5.41) is 18.8. The number of hydrogen-bond acceptors (Lipinski definition) is 4. The average molecular weight is 282 g/mol. The van der Waals surface area contributed by atoms with E-state index in [2.05, 4.69) is 33.5 Å². The molecular weight excluding hydrogens is 273 g/mol. The molecule has 0 aliphatic carbocycles. The first-order chi connectivity index (χ1) is 6.56. The lowest BCUT2D eigenvalue weighted by Crippen LogP contribution is -2.20. The van der Waals surface area contributed by atoms with Crippen LogP contribution in [0.2, 0.25) is 0 Å². The molecule has 3 nitrogen and oxygen atoms in total. The molecule has 0 saturated heterocycles. The fourth-order valence-electron chi connectivity index (χ4n) is 0.961. The number of rotatable bonds is 3. The van der Waals surface area contributed by atoms with Gasteiger partial charge in [-0.15, -0.1) is 0 Å². The number of aromatic nitrogens is 1. The van der Waals surface area contributed by atoms with Crippen LogP contribution in [0.5, 0.6) is 0 Å². The minimum Gasteiger partial charge on any atom is -0.389 e. The van der Waals surface area contributed by atoms with Gasteiger partial charge in [-0.2, -0.15) is 12.6 Å². The minimum absolute atomic E-state index is 0.00780. The first-order valence-electron chi connectivity index (χ1n) is 3.84. The first-order valence-corrected chi connectivity index (χ1v) is 5.26. The molecule has 0 bridgehead atoms. The third kappa shape index (κ3) is 2.66. The van der Waals surface area contributed by atoms with E-state index in [1.807, 2.05) is 0 Å². The van der Waals surface area contributed by atoms with E-state index in [9.17, 15) is 14.6 Å². The summed E-state index contributed by atoms with van der Waals surface area (Å²) in [6, 6.07) is 1.33. The molecule has 1 rings (SSSR count). The number of nitrogens with zero attached hydrogens (tertiary/aromatic N) is 1. The lowest BCUT2D eigenvalue weighted by molar-refractivity contribution is 0.0313. The lowest BCUT2D eigenvalue weighted by Gasteiger charge is -2.16. The Morgan fingerprint density at radius 1 is 1.57 bits per heavy atom. The van der Waals surface area contributed by atoms with Gasteiger partial charge in [0.2, 0.25) is 0 Å². The van der Waals surface area contributed by atoms with Crippen molar-refractivity contribution in [2.75, 3.05) is 5.75 Å². The van der Waals surface area contributed by atoms with Gasteiger partial charge in [-0.3, -0.25) is 0 Å². The summed E-state index contributed by atoms with van der Waals surface area (Å²) in [7, 11) is 0. The topological polar surface area (TPSA) is 53.4 Å². The van der Waals surface area contributed by atoms with E-state index in [1.54, 1.807) is 0 Å². The van der Waals surface area contributed by atoms with Crippen molar-refractivity contribution in [2.24, 2.45) is 0 Å². The number of pyridine rings is 1. The number of hydrogen-bond donors (Lipinski definition) is 3. The van der Waals surface area contributed by atoms with Crippen LogP contribution in [-0.2, 0) is 0 Å². The Hall–Kier alpha value is -0.170. The number of aliphatic hydroxyl groups excluding tert-OH is 2. The average Bonchev–Trinajstić information content (AvgIpc) is 2.19. The zero-order valence-corrected chi connectivity index (χ0v) is 9.54. The van der Waals surface area contributed by atoms with Gasteiger partial charge in [0.05, 0.1) is 12.3 Å². The summed E-state index contributed by atoms with van der Waals surface area (Å²) >= 11 is 6.85. The maximum Gasteiger partial charge on any atom is 0.147 e. The van der Waals surface area contributed by atoms with Gasteiger partial charge in [0, 0.05) is 11.3 Å². The van der Waals surface area contributed by atoms with E-state index in [-0.39, 0.29) is 11.3 Å². The van der Waals surface area contributed by atoms with E-state index in [0.717, 1.165) is 6.20 Å². The molecule has 0 aromatic carbocycles. The van der Waals surface area contributed by atoms with Crippen LogP contribution in [0.1, 0.15) is 11.7 Å². The maximum absolute atomic E-state index is 13.1. The first kappa shape index (κ1) is 11.9. The Balaban J connectivity index is 2.99. The quantitative estimate of drug-likeness (QED) is 0.578. The molecule has 0 aliphatic rings. The van der Waals surface area contributed by atoms with E-state index in [4.69, 9.17) is 0 Å². The van der Waals surface area contributed by atoms with Crippen LogP contribution < -0.4 is 0 Å². The van der Waals surface area contributed by atoms with Crippen molar-refractivity contribution in [1.82, 2.24) is 4.98 Å². The van der Waals surface area contributed by atoms with Crippen LogP contribution in [0.15, 0.2) is 16.9 Å². The Bertz CT molecular complexity index is 326. The van der Waals surface area contributed by atoms with Crippen molar-refractivity contribution < 1.29 is 14.6 Å². The molecule has 2 N–H and O–H groups in total. The van der Waals surface area contributed by atoms with Crippen molar-refractivity contribution in [3.05, 3.63) is 28.2 Å². The summed E-state index contributed by atoms with van der Waals surface area (Å²) in [5.41, 5.74) is 0.00780. The predicted molar refractivity (Wildman–Crippen MR) is 56.7 cm³/mol. The second kappa shape index (κ2) is 5.06. The molecule has 78 valence electrons. The highest BCUT2D eigenvalue weighted by atomic mass is 79.9. The molecule has 0 spiro atoms. The van der Waals surface area contributed by atoms with E-state index < -0.39 is 18.0 Å². The summed E-state index contributed by atoms with van der Waals surface area (Å²) in [5.74, 6) is -0.595. The lowest BCUT2D eigenvalue weighted by atomic mass is 10.1. The molecule has 0 saturated carbocycles. The number of aliphatic hydroxyl groups is 2. The van der Waals surface area contributed by atoms with Gasteiger partial charge >= 0.3 is 0 Å². The SMILES string of the molecule is OC(CS)C(O)c1cc(Br)ncc1F. The molecule has 0 aliphatic heterocycles. The molecule has 0 radical (unpaired) electrons. The summed E-state index contributed by atoms with van der Waals surface area (Å²) in [4.78, 5) is 3.64. The van der Waals surface area contributed by atoms with Gasteiger partial charge in [-0.05, 0) is 22.0 Å². The van der Waals surface area contributed by atoms with Crippen LogP contribution in [0.4, 0.5) is 4.39 Å². The van der Waals surface area contributed by atoms with E-state index in [0.29, 0.717) is 4.60 Å². The van der Waals surface area contributed by atoms with Gasteiger partial charge in [0.25, 0.3) is 0 Å². The van der Waals surface area contributed by atoms with Crippen LogP contribution >= 0.6 is 28.6 Å². The summed E-state index contributed by atoms with van der Waals surface area (Å²) in [6.07, 6.45) is -1.40. The Labute approximate surface area is 94.5 Å². The molecule has 1 aromatic heterocycles. The molecule has 1 heterocycles. The minimum atomic E-state index is -1.29. The van der Waals surface area contributed by atoms with Crippen LogP contribution in [0.3, 0.4) is 0 Å². The molecular formula is C8H9BrFNO2S. The smallest absolute Gasteiger partial charge is 0.147 e. The van der Waals surface area contributed by atoms with Crippen molar-refractivity contribution >= 4 is 28.6 Å². The van der Waals surface area contributed by atoms with Gasteiger partial charge < -0.3 is 10.2 Å². The second-order valence-electron chi connectivity index (χ2n) is 2.72. The summed E-state index contributed by atoms with van der Waals surface area (Å²) < 4.78 is 13.5.